The molecule has 1 saturated carbocycles. The van der Waals surface area contributed by atoms with Crippen LogP contribution in [0.3, 0.4) is 0 Å². The number of nitrogens with zero attached hydrogens (tertiary/aromatic N) is 4. The molecule has 0 bridgehead atoms. The fourth-order valence-corrected chi connectivity index (χ4v) is 5.12. The zero-order valence-corrected chi connectivity index (χ0v) is 16.8. The molecule has 0 amide bonds. The summed E-state index contributed by atoms with van der Waals surface area (Å²) < 4.78 is 8.18. The van der Waals surface area contributed by atoms with Gasteiger partial charge in [-0.15, -0.1) is 5.10 Å². The fraction of sp³-hybridized carbons (Fsp3) is 0.500. The van der Waals surface area contributed by atoms with Crippen LogP contribution in [0.25, 0.3) is 16.2 Å². The van der Waals surface area contributed by atoms with E-state index in [0.29, 0.717) is 12.2 Å². The van der Waals surface area contributed by atoms with E-state index in [9.17, 15) is 0 Å². The Labute approximate surface area is 167 Å². The number of imidazole rings is 1. The van der Waals surface area contributed by atoms with Crippen molar-refractivity contribution in [2.24, 2.45) is 0 Å². The second-order valence-corrected chi connectivity index (χ2v) is 8.84. The highest BCUT2D eigenvalue weighted by molar-refractivity contribution is 7.20. The van der Waals surface area contributed by atoms with Gasteiger partial charge in [0.25, 0.3) is 0 Å². The molecule has 5 nitrogen and oxygen atoms in total. The fourth-order valence-electron chi connectivity index (χ4n) is 4.06. The van der Waals surface area contributed by atoms with E-state index in [-0.39, 0.29) is 0 Å². The molecule has 0 radical (unpaired) electrons. The van der Waals surface area contributed by atoms with Crippen molar-refractivity contribution in [2.75, 3.05) is 18.0 Å². The molecule has 27 heavy (non-hydrogen) atoms. The minimum atomic E-state index is 0.421. The van der Waals surface area contributed by atoms with E-state index in [1.54, 1.807) is 11.3 Å². The molecule has 1 aliphatic carbocycles. The topological polar surface area (TPSA) is 42.7 Å². The summed E-state index contributed by atoms with van der Waals surface area (Å²) in [6.07, 6.45) is 10.3. The first-order chi connectivity index (χ1) is 13.2. The third-order valence-electron chi connectivity index (χ3n) is 5.57. The van der Waals surface area contributed by atoms with Gasteiger partial charge in [0.15, 0.2) is 0 Å². The number of piperidine rings is 1. The summed E-state index contributed by atoms with van der Waals surface area (Å²) in [6, 6.07) is 7.76. The van der Waals surface area contributed by atoms with E-state index in [2.05, 4.69) is 4.90 Å². The second kappa shape index (κ2) is 7.41. The molecule has 2 aliphatic rings. The third-order valence-corrected chi connectivity index (χ3v) is 6.81. The van der Waals surface area contributed by atoms with E-state index < -0.39 is 0 Å². The van der Waals surface area contributed by atoms with Gasteiger partial charge in [-0.1, -0.05) is 47.9 Å². The molecule has 142 valence electrons. The van der Waals surface area contributed by atoms with Crippen molar-refractivity contribution in [2.45, 2.75) is 50.7 Å². The van der Waals surface area contributed by atoms with Crippen molar-refractivity contribution < 1.29 is 4.74 Å². The average Bonchev–Trinajstić information content (AvgIpc) is 3.39. The molecule has 3 heterocycles. The molecule has 1 saturated heterocycles. The number of anilines is 1. The lowest BCUT2D eigenvalue weighted by Gasteiger charge is -2.32. The maximum absolute atomic E-state index is 6.28. The van der Waals surface area contributed by atoms with Gasteiger partial charge in [-0.2, -0.15) is 0 Å². The first-order valence-corrected chi connectivity index (χ1v) is 11.0. The number of benzene rings is 1. The molecule has 2 aromatic heterocycles. The van der Waals surface area contributed by atoms with Gasteiger partial charge in [0.2, 0.25) is 10.1 Å². The highest BCUT2D eigenvalue weighted by Gasteiger charge is 2.26. The van der Waals surface area contributed by atoms with Crippen LogP contribution in [0.15, 0.2) is 30.5 Å². The SMILES string of the molecule is Clc1ccc(-c2cn3nc(N4CCC(OC5CCCC5)CC4)sc3n2)cc1. The Morgan fingerprint density at radius 3 is 2.41 bits per heavy atom. The van der Waals surface area contributed by atoms with Gasteiger partial charge in [0.1, 0.15) is 0 Å². The van der Waals surface area contributed by atoms with Crippen LogP contribution in [0, 0.1) is 0 Å². The number of hydrogen-bond donors (Lipinski definition) is 0. The Kier molecular flexibility index (Phi) is 4.80. The maximum atomic E-state index is 6.28. The van der Waals surface area contributed by atoms with Crippen LogP contribution >= 0.6 is 22.9 Å². The van der Waals surface area contributed by atoms with Gasteiger partial charge >= 0.3 is 0 Å². The van der Waals surface area contributed by atoms with Gasteiger partial charge in [-0.3, -0.25) is 0 Å². The Morgan fingerprint density at radius 1 is 1.00 bits per heavy atom. The standard InChI is InChI=1S/C20H23ClN4OS/c21-15-7-5-14(6-8-15)18-13-25-19(22-18)27-20(23-25)24-11-9-17(10-12-24)26-16-3-1-2-4-16/h5-8,13,16-17H,1-4,9-12H2. The monoisotopic (exact) mass is 402 g/mol. The van der Waals surface area contributed by atoms with Gasteiger partial charge in [-0.25, -0.2) is 9.50 Å². The molecular formula is C20H23ClN4OS. The third kappa shape index (κ3) is 3.71. The lowest BCUT2D eigenvalue weighted by atomic mass is 10.1. The zero-order chi connectivity index (χ0) is 18.2. The predicted octanol–water partition coefficient (Wildman–Crippen LogP) is 5.04. The summed E-state index contributed by atoms with van der Waals surface area (Å²) in [5, 5.41) is 6.55. The number of fused-ring (bicyclic) bond motifs is 1. The van der Waals surface area contributed by atoms with E-state index in [1.165, 1.54) is 25.7 Å². The number of halogens is 1. The number of hydrogen-bond acceptors (Lipinski definition) is 5. The van der Waals surface area contributed by atoms with Crippen LogP contribution in [0.4, 0.5) is 5.13 Å². The highest BCUT2D eigenvalue weighted by atomic mass is 35.5. The van der Waals surface area contributed by atoms with Crippen molar-refractivity contribution in [1.29, 1.82) is 0 Å². The Morgan fingerprint density at radius 2 is 1.70 bits per heavy atom. The molecule has 0 unspecified atom stereocenters. The van der Waals surface area contributed by atoms with Gasteiger partial charge < -0.3 is 9.64 Å². The summed E-state index contributed by atoms with van der Waals surface area (Å²) in [6.45, 7) is 2.02. The normalized spacial score (nSPS) is 19.4. The molecule has 0 spiro atoms. The maximum Gasteiger partial charge on any atom is 0.214 e. The van der Waals surface area contributed by atoms with Crippen molar-refractivity contribution in [1.82, 2.24) is 14.6 Å². The van der Waals surface area contributed by atoms with Gasteiger partial charge in [0, 0.05) is 23.7 Å². The van der Waals surface area contributed by atoms with Crippen LogP contribution in [-0.4, -0.2) is 39.9 Å². The Bertz CT molecular complexity index is 876. The minimum Gasteiger partial charge on any atom is -0.375 e. The summed E-state index contributed by atoms with van der Waals surface area (Å²) >= 11 is 7.63. The zero-order valence-electron chi connectivity index (χ0n) is 15.2. The molecule has 3 aromatic rings. The lowest BCUT2D eigenvalue weighted by molar-refractivity contribution is -0.0194. The molecule has 2 fully saturated rings. The van der Waals surface area contributed by atoms with Gasteiger partial charge in [-0.05, 0) is 37.8 Å². The number of ether oxygens (including phenoxy) is 1. The molecule has 0 N–H and O–H groups in total. The van der Waals surface area contributed by atoms with E-state index in [1.807, 2.05) is 35.0 Å². The Balaban J connectivity index is 1.24. The van der Waals surface area contributed by atoms with Crippen molar-refractivity contribution in [3.63, 3.8) is 0 Å². The van der Waals surface area contributed by atoms with Crippen LogP contribution in [0.2, 0.25) is 5.02 Å². The quantitative estimate of drug-likeness (QED) is 0.613. The van der Waals surface area contributed by atoms with Crippen LogP contribution in [0.5, 0.6) is 0 Å². The molecule has 7 heteroatoms. The molecular weight excluding hydrogens is 380 g/mol. The second-order valence-electron chi connectivity index (χ2n) is 7.47. The predicted molar refractivity (Wildman–Crippen MR) is 110 cm³/mol. The number of rotatable bonds is 4. The average molecular weight is 403 g/mol. The first-order valence-electron chi connectivity index (χ1n) is 9.77. The summed E-state index contributed by atoms with van der Waals surface area (Å²) in [5.41, 5.74) is 1.99. The Hall–Kier alpha value is -1.63. The molecule has 0 atom stereocenters. The smallest absolute Gasteiger partial charge is 0.214 e. The van der Waals surface area contributed by atoms with Crippen LogP contribution in [0.1, 0.15) is 38.5 Å². The number of aromatic nitrogens is 3. The minimum absolute atomic E-state index is 0.421. The molecule has 5 rings (SSSR count). The van der Waals surface area contributed by atoms with E-state index >= 15 is 0 Å². The molecule has 1 aromatic carbocycles. The van der Waals surface area contributed by atoms with Crippen molar-refractivity contribution >= 4 is 33.0 Å². The van der Waals surface area contributed by atoms with E-state index in [0.717, 1.165) is 52.3 Å². The van der Waals surface area contributed by atoms with Crippen molar-refractivity contribution in [3.05, 3.63) is 35.5 Å². The molecule has 1 aliphatic heterocycles. The summed E-state index contributed by atoms with van der Waals surface area (Å²) in [5.74, 6) is 0. The van der Waals surface area contributed by atoms with Crippen molar-refractivity contribution in [3.8, 4) is 11.3 Å². The van der Waals surface area contributed by atoms with Crippen LogP contribution in [-0.2, 0) is 4.74 Å². The summed E-state index contributed by atoms with van der Waals surface area (Å²) in [7, 11) is 0. The largest absolute Gasteiger partial charge is 0.375 e. The highest BCUT2D eigenvalue weighted by Crippen LogP contribution is 2.30. The first kappa shape index (κ1) is 17.5. The summed E-state index contributed by atoms with van der Waals surface area (Å²) in [4.78, 5) is 8.04. The lowest BCUT2D eigenvalue weighted by Crippen LogP contribution is -2.38. The van der Waals surface area contributed by atoms with E-state index in [4.69, 9.17) is 26.4 Å². The van der Waals surface area contributed by atoms with Crippen LogP contribution < -0.4 is 4.90 Å². The van der Waals surface area contributed by atoms with Gasteiger partial charge in [0.05, 0.1) is 24.1 Å².